The van der Waals surface area contributed by atoms with E-state index in [0.29, 0.717) is 19.3 Å². The minimum Gasteiger partial charge on any atom is -1.00 e. The molecule has 6 heteroatoms. The maximum absolute atomic E-state index is 6.38. The molecule has 4 aliphatic rings. The molecule has 0 radical (unpaired) electrons. The summed E-state index contributed by atoms with van der Waals surface area (Å²) in [7, 11) is 1.74. The summed E-state index contributed by atoms with van der Waals surface area (Å²) in [4.78, 5) is 1.37. The molecule has 0 spiro atoms. The van der Waals surface area contributed by atoms with Crippen molar-refractivity contribution in [1.29, 1.82) is 0 Å². The number of hydrogen-bond acceptors (Lipinski definition) is 4. The van der Waals surface area contributed by atoms with Crippen molar-refractivity contribution in [3.05, 3.63) is 99.5 Å². The van der Waals surface area contributed by atoms with E-state index in [2.05, 4.69) is 75.5 Å². The number of quaternary nitrogens is 1. The number of fused-ring (bicyclic) bond motifs is 5. The monoisotopic (exact) mass is 625 g/mol. The van der Waals surface area contributed by atoms with Gasteiger partial charge in [-0.25, -0.2) is 0 Å². The molecule has 0 bridgehead atoms. The molecular weight excluding hydrogens is 589 g/mol. The molecule has 5 nitrogen and oxygen atoms in total. The van der Waals surface area contributed by atoms with Crippen molar-refractivity contribution >= 4 is 5.70 Å². The van der Waals surface area contributed by atoms with Crippen molar-refractivity contribution < 1.29 is 47.8 Å². The van der Waals surface area contributed by atoms with Crippen LogP contribution in [0, 0.1) is 0 Å². The molecule has 200 valence electrons. The van der Waals surface area contributed by atoms with E-state index in [1.54, 1.807) is 7.11 Å². The number of benzene rings is 2. The predicted molar refractivity (Wildman–Crippen MR) is 145 cm³/mol. The Morgan fingerprint density at radius 2 is 1.82 bits per heavy atom. The molecule has 3 aliphatic heterocycles. The zero-order valence-electron chi connectivity index (χ0n) is 22.6. The third-order valence-corrected chi connectivity index (χ3v) is 7.83. The summed E-state index contributed by atoms with van der Waals surface area (Å²) in [5, 5.41) is 0. The molecule has 0 saturated carbocycles. The van der Waals surface area contributed by atoms with E-state index < -0.39 is 0 Å². The van der Waals surface area contributed by atoms with Gasteiger partial charge in [-0.1, -0.05) is 51.1 Å². The number of rotatable bonds is 7. The fourth-order valence-electron chi connectivity index (χ4n) is 5.88. The molecule has 3 heterocycles. The van der Waals surface area contributed by atoms with E-state index in [1.807, 2.05) is 0 Å². The molecule has 1 aliphatic carbocycles. The number of allylic oxidation sites excluding steroid dienone is 3. The van der Waals surface area contributed by atoms with Gasteiger partial charge in [0.15, 0.2) is 11.5 Å². The summed E-state index contributed by atoms with van der Waals surface area (Å²) in [5.41, 5.74) is 10.4. The smallest absolute Gasteiger partial charge is 0.231 e. The lowest BCUT2D eigenvalue weighted by atomic mass is 9.79. The van der Waals surface area contributed by atoms with Crippen molar-refractivity contribution in [3.8, 4) is 11.5 Å². The molecule has 2 aromatic carbocycles. The quantitative estimate of drug-likeness (QED) is 0.479. The van der Waals surface area contributed by atoms with Crippen molar-refractivity contribution in [2.24, 2.45) is 0 Å². The van der Waals surface area contributed by atoms with E-state index in [4.69, 9.17) is 18.9 Å². The van der Waals surface area contributed by atoms with Gasteiger partial charge in [0.2, 0.25) is 6.79 Å². The largest absolute Gasteiger partial charge is 1.00 e. The first-order valence-electron chi connectivity index (χ1n) is 13.5. The fraction of sp³-hybridized carbons (Fsp3) is 0.375. The molecule has 0 saturated heterocycles. The first kappa shape index (κ1) is 27.0. The number of hydrogen-bond donors (Lipinski definition) is 1. The minimum absolute atomic E-state index is 0. The Balaban J connectivity index is 0.00000294. The van der Waals surface area contributed by atoms with Crippen LogP contribution in [0.25, 0.3) is 5.70 Å². The van der Waals surface area contributed by atoms with Crippen molar-refractivity contribution in [2.75, 3.05) is 27.1 Å². The van der Waals surface area contributed by atoms with E-state index in [0.717, 1.165) is 43.1 Å². The van der Waals surface area contributed by atoms with Gasteiger partial charge in [-0.2, -0.15) is 0 Å². The number of halogens is 1. The minimum atomic E-state index is -0.185. The summed E-state index contributed by atoms with van der Waals surface area (Å²) in [6.45, 7) is 8.60. The second-order valence-electron chi connectivity index (χ2n) is 10.5. The first-order chi connectivity index (χ1) is 18.1. The van der Waals surface area contributed by atoms with Gasteiger partial charge in [-0.3, -0.25) is 4.90 Å². The van der Waals surface area contributed by atoms with Crippen molar-refractivity contribution in [3.63, 3.8) is 0 Å². The average Bonchev–Trinajstić information content (AvgIpc) is 3.37. The molecule has 0 amide bonds. The highest BCUT2D eigenvalue weighted by Crippen LogP contribution is 2.42. The lowest BCUT2D eigenvalue weighted by Crippen LogP contribution is -3.06. The van der Waals surface area contributed by atoms with Gasteiger partial charge in [0.1, 0.15) is 23.8 Å². The average molecular weight is 626 g/mol. The van der Waals surface area contributed by atoms with Gasteiger partial charge in [-0.05, 0) is 52.8 Å². The normalized spacial score (nSPS) is 21.0. The van der Waals surface area contributed by atoms with E-state index in [1.165, 1.54) is 49.6 Å². The van der Waals surface area contributed by atoms with Crippen molar-refractivity contribution in [2.45, 2.75) is 52.1 Å². The van der Waals surface area contributed by atoms with E-state index in [9.17, 15) is 0 Å². The topological polar surface area (TPSA) is 41.4 Å². The third kappa shape index (κ3) is 4.82. The van der Waals surface area contributed by atoms with Crippen LogP contribution in [0.5, 0.6) is 11.5 Å². The zero-order chi connectivity index (χ0) is 25.5. The second-order valence-corrected chi connectivity index (χ2v) is 10.5. The highest BCUT2D eigenvalue weighted by Gasteiger charge is 2.40. The lowest BCUT2D eigenvalue weighted by molar-refractivity contribution is -0.771. The molecule has 38 heavy (non-hydrogen) atoms. The highest BCUT2D eigenvalue weighted by atomic mass is 127. The molecule has 2 unspecified atom stereocenters. The predicted octanol–water partition coefficient (Wildman–Crippen LogP) is 2.10. The Morgan fingerprint density at radius 1 is 1.05 bits per heavy atom. The van der Waals surface area contributed by atoms with Crippen LogP contribution in [0.3, 0.4) is 0 Å². The van der Waals surface area contributed by atoms with E-state index in [-0.39, 0.29) is 30.1 Å². The van der Waals surface area contributed by atoms with Crippen LogP contribution >= 0.6 is 0 Å². The fourth-order valence-corrected chi connectivity index (χ4v) is 5.88. The lowest BCUT2D eigenvalue weighted by Gasteiger charge is -2.36. The first-order valence-corrected chi connectivity index (χ1v) is 13.5. The molecule has 6 rings (SSSR count). The van der Waals surface area contributed by atoms with Crippen LogP contribution in [-0.2, 0) is 22.3 Å². The molecule has 1 N–H and O–H groups in total. The second kappa shape index (κ2) is 11.3. The van der Waals surface area contributed by atoms with Crippen LogP contribution in [0.4, 0.5) is 0 Å². The Hall–Kier alpha value is -2.55. The van der Waals surface area contributed by atoms with Crippen molar-refractivity contribution in [1.82, 2.24) is 0 Å². The molecule has 2 aromatic rings. The third-order valence-electron chi connectivity index (χ3n) is 7.83. The number of ether oxygens (including phenoxy) is 4. The summed E-state index contributed by atoms with van der Waals surface area (Å²) in [6.07, 6.45) is 9.29. The van der Waals surface area contributed by atoms with Gasteiger partial charge in [0.05, 0.1) is 13.7 Å². The standard InChI is InChI=1S/C32H35NO4.HI/c1-5-14-35-32-27-18-33-13-12-23-16-29-30(37-19-36-29)17-25(23)31(33)26(24(27)10-11-28(32)34-4)15-21-6-8-22(9-7-21)20(2)3;/h6-11,16-18,20,32H,5,12-15,19H2,1-4H3;1H. The highest BCUT2D eigenvalue weighted by molar-refractivity contribution is 5.77. The Bertz CT molecular complexity index is 1340. The maximum atomic E-state index is 6.38. The molecular formula is C32H36INO4. The zero-order valence-corrected chi connectivity index (χ0v) is 24.8. The molecule has 0 fully saturated rings. The number of methoxy groups -OCH3 is 1. The van der Waals surface area contributed by atoms with Gasteiger partial charge in [0, 0.05) is 36.2 Å². The van der Waals surface area contributed by atoms with Gasteiger partial charge >= 0.3 is 0 Å². The molecule has 2 atom stereocenters. The van der Waals surface area contributed by atoms with Gasteiger partial charge in [-0.15, -0.1) is 0 Å². The van der Waals surface area contributed by atoms with Crippen LogP contribution in [0.15, 0.2) is 77.2 Å². The van der Waals surface area contributed by atoms with Gasteiger partial charge < -0.3 is 42.9 Å². The summed E-state index contributed by atoms with van der Waals surface area (Å²) in [5.74, 6) is 3.09. The van der Waals surface area contributed by atoms with Crippen LogP contribution < -0.4 is 38.4 Å². The molecule has 0 aromatic heterocycles. The van der Waals surface area contributed by atoms with Crippen LogP contribution in [0.1, 0.15) is 55.4 Å². The Kier molecular flexibility index (Phi) is 8.03. The Morgan fingerprint density at radius 3 is 2.53 bits per heavy atom. The van der Waals surface area contributed by atoms with E-state index >= 15 is 0 Å². The number of nitrogens with one attached hydrogen (secondary N) is 1. The van der Waals surface area contributed by atoms with Crippen LogP contribution in [0.2, 0.25) is 0 Å². The van der Waals surface area contributed by atoms with Gasteiger partial charge in [0.25, 0.3) is 0 Å². The summed E-state index contributed by atoms with van der Waals surface area (Å²) >= 11 is 0. The summed E-state index contributed by atoms with van der Waals surface area (Å²) in [6, 6.07) is 13.5. The SMILES string of the molecule is CCCOC1C(OC)=CC=C2C1=C[NH+]1CCc3cc4c(cc3C1=C2Cc1ccc(C(C)C)cc1)OCO4.[I-]. The van der Waals surface area contributed by atoms with Crippen LogP contribution in [-0.4, -0.2) is 33.2 Å². The Labute approximate surface area is 242 Å². The summed E-state index contributed by atoms with van der Waals surface area (Å²) < 4.78 is 23.7. The maximum Gasteiger partial charge on any atom is 0.231 e.